The molecule has 3 N–H and O–H groups in total. The number of benzene rings is 2. The average Bonchev–Trinajstić information content (AvgIpc) is 2.88. The fourth-order valence-electron chi connectivity index (χ4n) is 4.48. The minimum Gasteiger partial charge on any atom is -0.444 e. The molecule has 0 radical (unpaired) electrons. The van der Waals surface area contributed by atoms with Crippen molar-refractivity contribution in [1.29, 1.82) is 0 Å². The summed E-state index contributed by atoms with van der Waals surface area (Å²) in [5, 5.41) is 15.8. The number of hydrogen-bond acceptors (Lipinski definition) is 5. The molecule has 220 valence electrons. The van der Waals surface area contributed by atoms with Gasteiger partial charge >= 0.3 is 6.09 Å². The number of hydrogen-bond donors (Lipinski definition) is 3. The van der Waals surface area contributed by atoms with Crippen LogP contribution in [0.15, 0.2) is 48.5 Å². The van der Waals surface area contributed by atoms with E-state index in [9.17, 15) is 19.5 Å². The molecule has 0 aliphatic carbocycles. The molecule has 2 aromatic rings. The van der Waals surface area contributed by atoms with E-state index in [1.165, 1.54) is 4.90 Å². The lowest BCUT2D eigenvalue weighted by molar-refractivity contribution is -0.146. The van der Waals surface area contributed by atoms with Gasteiger partial charge in [0.25, 0.3) is 0 Å². The Morgan fingerprint density at radius 1 is 0.975 bits per heavy atom. The minimum absolute atomic E-state index is 0.295. The second kappa shape index (κ2) is 14.8. The number of carbonyl (C=O) groups is 3. The molecule has 3 amide bonds. The van der Waals surface area contributed by atoms with Crippen LogP contribution in [0.2, 0.25) is 0 Å². The molecule has 0 aliphatic rings. The van der Waals surface area contributed by atoms with Gasteiger partial charge in [-0.1, -0.05) is 67.9 Å². The maximum Gasteiger partial charge on any atom is 0.408 e. The van der Waals surface area contributed by atoms with Gasteiger partial charge in [-0.25, -0.2) is 4.79 Å². The number of nitrogens with one attached hydrogen (secondary N) is 2. The van der Waals surface area contributed by atoms with Crippen LogP contribution < -0.4 is 10.6 Å². The van der Waals surface area contributed by atoms with Crippen LogP contribution in [0.5, 0.6) is 0 Å². The summed E-state index contributed by atoms with van der Waals surface area (Å²) in [5.74, 6) is -0.499. The van der Waals surface area contributed by atoms with Gasteiger partial charge in [0.05, 0.1) is 6.61 Å². The largest absolute Gasteiger partial charge is 0.444 e. The molecular formula is C32H47N3O5. The topological polar surface area (TPSA) is 108 Å². The summed E-state index contributed by atoms with van der Waals surface area (Å²) < 4.78 is 5.34. The normalized spacial score (nSPS) is 13.8. The fraction of sp³-hybridized carbons (Fsp3) is 0.531. The summed E-state index contributed by atoms with van der Waals surface area (Å²) in [6.07, 6.45) is 0.659. The first-order valence-corrected chi connectivity index (χ1v) is 14.0. The van der Waals surface area contributed by atoms with Gasteiger partial charge in [0, 0.05) is 12.6 Å². The Hall–Kier alpha value is -3.39. The maximum absolute atomic E-state index is 14.2. The first-order valence-electron chi connectivity index (χ1n) is 14.0. The van der Waals surface area contributed by atoms with Crippen molar-refractivity contribution in [3.63, 3.8) is 0 Å². The summed E-state index contributed by atoms with van der Waals surface area (Å²) in [5.41, 5.74) is 2.66. The zero-order valence-electron chi connectivity index (χ0n) is 25.3. The zero-order valence-corrected chi connectivity index (χ0v) is 25.3. The third kappa shape index (κ3) is 9.97. The summed E-state index contributed by atoms with van der Waals surface area (Å²) >= 11 is 0. The van der Waals surface area contributed by atoms with E-state index in [1.807, 2.05) is 69.3 Å². The molecule has 3 unspecified atom stereocenters. The molecule has 8 heteroatoms. The molecule has 2 rings (SSSR count). The predicted octanol–water partition coefficient (Wildman–Crippen LogP) is 5.20. The summed E-state index contributed by atoms with van der Waals surface area (Å²) in [4.78, 5) is 42.3. The molecule has 40 heavy (non-hydrogen) atoms. The molecule has 2 aromatic carbocycles. The lowest BCUT2D eigenvalue weighted by Crippen LogP contribution is -2.56. The van der Waals surface area contributed by atoms with Gasteiger partial charge in [-0.15, -0.1) is 0 Å². The van der Waals surface area contributed by atoms with Crippen molar-refractivity contribution < 1.29 is 24.2 Å². The van der Waals surface area contributed by atoms with E-state index in [0.29, 0.717) is 24.4 Å². The van der Waals surface area contributed by atoms with E-state index in [1.54, 1.807) is 20.8 Å². The van der Waals surface area contributed by atoms with Crippen LogP contribution in [0.4, 0.5) is 4.79 Å². The highest BCUT2D eigenvalue weighted by Gasteiger charge is 2.39. The van der Waals surface area contributed by atoms with E-state index in [4.69, 9.17) is 4.74 Å². The molecule has 0 heterocycles. The van der Waals surface area contributed by atoms with E-state index < -0.39 is 36.3 Å². The highest BCUT2D eigenvalue weighted by molar-refractivity contribution is 5.92. The number of aliphatic hydroxyl groups excluding tert-OH is 1. The molecule has 0 aliphatic heterocycles. The number of alkyl carbamates (subject to hydrolysis) is 1. The fourth-order valence-corrected chi connectivity index (χ4v) is 4.48. The van der Waals surface area contributed by atoms with Gasteiger partial charge < -0.3 is 25.4 Å². The van der Waals surface area contributed by atoms with Crippen LogP contribution in [0.3, 0.4) is 0 Å². The first-order chi connectivity index (χ1) is 18.7. The number of amides is 3. The van der Waals surface area contributed by atoms with Crippen LogP contribution in [-0.2, 0) is 20.9 Å². The van der Waals surface area contributed by atoms with Crippen LogP contribution in [-0.4, -0.2) is 52.2 Å². The quantitative estimate of drug-likeness (QED) is 0.335. The van der Waals surface area contributed by atoms with Crippen molar-refractivity contribution in [1.82, 2.24) is 15.5 Å². The molecule has 3 atom stereocenters. The van der Waals surface area contributed by atoms with Crippen LogP contribution >= 0.6 is 0 Å². The molecule has 0 spiro atoms. The highest BCUT2D eigenvalue weighted by atomic mass is 16.6. The Balaban J connectivity index is 2.56. The van der Waals surface area contributed by atoms with Crippen molar-refractivity contribution >= 4 is 17.9 Å². The summed E-state index contributed by atoms with van der Waals surface area (Å²) in [6.45, 7) is 14.8. The second-order valence-electron chi connectivity index (χ2n) is 11.9. The Bertz CT molecular complexity index is 1130. The van der Waals surface area contributed by atoms with Gasteiger partial charge in [0.1, 0.15) is 17.7 Å². The number of carbonyl (C=O) groups excluding carboxylic acids is 3. The molecule has 0 saturated heterocycles. The monoisotopic (exact) mass is 553 g/mol. The summed E-state index contributed by atoms with van der Waals surface area (Å²) in [6, 6.07) is 12.8. The molecular weight excluding hydrogens is 506 g/mol. The Labute approximate surface area is 239 Å². The highest BCUT2D eigenvalue weighted by Crippen LogP contribution is 2.30. The minimum atomic E-state index is -1.29. The van der Waals surface area contributed by atoms with Crippen LogP contribution in [0.1, 0.15) is 82.7 Å². The Morgan fingerprint density at radius 3 is 2.20 bits per heavy atom. The molecule has 0 aromatic heterocycles. The van der Waals surface area contributed by atoms with Gasteiger partial charge in [-0.3, -0.25) is 9.59 Å². The molecule has 0 fully saturated rings. The average molecular weight is 554 g/mol. The van der Waals surface area contributed by atoms with Gasteiger partial charge in [-0.2, -0.15) is 0 Å². The number of nitrogens with zero attached hydrogens (tertiary/aromatic N) is 1. The standard InChI is InChI=1S/C32H47N3O5/c1-21(2)14-17-24(5)35(30(38)27(20-36)34-31(39)40-32(6,7)8)28(26-18-22(3)15-16-23(26)4)29(37)33-19-25-12-10-9-11-13-25/h9-13,15-16,18,21,24,27-28,36H,14,17,19-20H2,1-8H3,(H,33,37)(H,34,39). The van der Waals surface area contributed by atoms with Crippen molar-refractivity contribution in [2.45, 2.75) is 98.5 Å². The number of rotatable bonds is 12. The third-order valence-corrected chi connectivity index (χ3v) is 6.63. The number of aryl methyl sites for hydroxylation is 2. The van der Waals surface area contributed by atoms with Gasteiger partial charge in [0.15, 0.2) is 0 Å². The smallest absolute Gasteiger partial charge is 0.408 e. The first kappa shape index (κ1) is 32.8. The van der Waals surface area contributed by atoms with Gasteiger partial charge in [-0.05, 0) is 77.0 Å². The SMILES string of the molecule is Cc1ccc(C)c(C(C(=O)NCc2ccccc2)N(C(=O)C(CO)NC(=O)OC(C)(C)C)C(C)CCC(C)C)c1. The van der Waals surface area contributed by atoms with E-state index >= 15 is 0 Å². The Kier molecular flexibility index (Phi) is 12.2. The molecule has 8 nitrogen and oxygen atoms in total. The van der Waals surface area contributed by atoms with Crippen molar-refractivity contribution in [2.24, 2.45) is 5.92 Å². The van der Waals surface area contributed by atoms with Crippen molar-refractivity contribution in [3.05, 3.63) is 70.8 Å². The van der Waals surface area contributed by atoms with E-state index in [0.717, 1.165) is 23.1 Å². The molecule has 0 saturated carbocycles. The van der Waals surface area contributed by atoms with Crippen LogP contribution in [0.25, 0.3) is 0 Å². The zero-order chi connectivity index (χ0) is 30.0. The maximum atomic E-state index is 14.2. The number of ether oxygens (including phenoxy) is 1. The van der Waals surface area contributed by atoms with Gasteiger partial charge in [0.2, 0.25) is 11.8 Å². The van der Waals surface area contributed by atoms with Crippen molar-refractivity contribution in [3.8, 4) is 0 Å². The van der Waals surface area contributed by atoms with E-state index in [2.05, 4.69) is 24.5 Å². The lowest BCUT2D eigenvalue weighted by atomic mass is 9.93. The summed E-state index contributed by atoms with van der Waals surface area (Å²) in [7, 11) is 0. The van der Waals surface area contributed by atoms with Crippen LogP contribution in [0, 0.1) is 19.8 Å². The van der Waals surface area contributed by atoms with Crippen molar-refractivity contribution in [2.75, 3.05) is 6.61 Å². The predicted molar refractivity (Wildman–Crippen MR) is 158 cm³/mol. The second-order valence-corrected chi connectivity index (χ2v) is 11.9. The Morgan fingerprint density at radius 2 is 1.62 bits per heavy atom. The third-order valence-electron chi connectivity index (χ3n) is 6.63. The number of aliphatic hydroxyl groups is 1. The van der Waals surface area contributed by atoms with E-state index in [-0.39, 0.29) is 11.9 Å². The molecule has 0 bridgehead atoms. The lowest BCUT2D eigenvalue weighted by Gasteiger charge is -2.39.